The van der Waals surface area contributed by atoms with Crippen LogP contribution in [0.15, 0.2) is 34.9 Å². The minimum Gasteiger partial charge on any atom is -0.464 e. The van der Waals surface area contributed by atoms with E-state index >= 15 is 0 Å². The Bertz CT molecular complexity index is 716. The maximum atomic E-state index is 12.4. The Balaban J connectivity index is 1.64. The predicted octanol–water partition coefficient (Wildman–Crippen LogP) is 3.09. The average Bonchev–Trinajstić information content (AvgIpc) is 3.00. The highest BCUT2D eigenvalue weighted by Gasteiger charge is 2.23. The van der Waals surface area contributed by atoms with Crippen molar-refractivity contribution in [2.75, 3.05) is 18.0 Å². The molecule has 6 heteroatoms. The molecule has 0 aliphatic carbocycles. The number of carbonyl (C=O) groups excluding carboxylic acids is 1. The topological polar surface area (TPSA) is 67.6 Å². The molecule has 3 heterocycles. The number of hydrogen-bond donors (Lipinski definition) is 1. The molecule has 0 spiro atoms. The summed E-state index contributed by atoms with van der Waals surface area (Å²) in [5.74, 6) is 2.28. The standard InChI is InChI=1S/C19H25N3O3/c1-12-5-7-17(25-12)15(4)21-19(23)16-6-8-18(20-9-16)22-10-13(2)24-14(3)11-22/h5-9,13-15H,10-11H2,1-4H3,(H,21,23). The molecule has 0 bridgehead atoms. The monoisotopic (exact) mass is 343 g/mol. The number of rotatable bonds is 4. The number of hydrogen-bond acceptors (Lipinski definition) is 5. The number of nitrogens with one attached hydrogen (secondary N) is 1. The molecule has 1 aliphatic rings. The van der Waals surface area contributed by atoms with Crippen molar-refractivity contribution >= 4 is 11.7 Å². The molecule has 1 saturated heterocycles. The third kappa shape index (κ3) is 4.20. The second kappa shape index (κ2) is 7.27. The molecule has 0 aromatic carbocycles. The molecule has 3 rings (SSSR count). The molecule has 2 aromatic rings. The van der Waals surface area contributed by atoms with Crippen molar-refractivity contribution in [2.45, 2.75) is 45.9 Å². The zero-order valence-corrected chi connectivity index (χ0v) is 15.2. The molecule has 134 valence electrons. The molecule has 0 radical (unpaired) electrons. The Labute approximate surface area is 148 Å². The summed E-state index contributed by atoms with van der Waals surface area (Å²) in [6.07, 6.45) is 1.97. The Hall–Kier alpha value is -2.34. The van der Waals surface area contributed by atoms with Gasteiger partial charge in [0, 0.05) is 19.3 Å². The number of aryl methyl sites for hydroxylation is 1. The van der Waals surface area contributed by atoms with E-state index in [4.69, 9.17) is 9.15 Å². The largest absolute Gasteiger partial charge is 0.464 e. The molecule has 6 nitrogen and oxygen atoms in total. The summed E-state index contributed by atoms with van der Waals surface area (Å²) in [5, 5.41) is 2.93. The quantitative estimate of drug-likeness (QED) is 0.924. The predicted molar refractivity (Wildman–Crippen MR) is 95.8 cm³/mol. The fraction of sp³-hybridized carbons (Fsp3) is 0.474. The fourth-order valence-corrected chi connectivity index (χ4v) is 3.11. The Kier molecular flexibility index (Phi) is 5.08. The number of nitrogens with zero attached hydrogens (tertiary/aromatic N) is 2. The van der Waals surface area contributed by atoms with Crippen LogP contribution >= 0.6 is 0 Å². The number of amides is 1. The van der Waals surface area contributed by atoms with Crippen molar-refractivity contribution in [2.24, 2.45) is 0 Å². The van der Waals surface area contributed by atoms with Crippen LogP contribution < -0.4 is 10.2 Å². The first-order chi connectivity index (χ1) is 11.9. The van der Waals surface area contributed by atoms with Gasteiger partial charge in [-0.2, -0.15) is 0 Å². The first-order valence-electron chi connectivity index (χ1n) is 8.66. The lowest BCUT2D eigenvalue weighted by molar-refractivity contribution is -0.00546. The van der Waals surface area contributed by atoms with Crippen LogP contribution in [0.3, 0.4) is 0 Å². The summed E-state index contributed by atoms with van der Waals surface area (Å²) in [4.78, 5) is 19.1. The Morgan fingerprint density at radius 2 is 1.96 bits per heavy atom. The first-order valence-corrected chi connectivity index (χ1v) is 8.66. The maximum Gasteiger partial charge on any atom is 0.253 e. The van der Waals surface area contributed by atoms with Gasteiger partial charge >= 0.3 is 0 Å². The van der Waals surface area contributed by atoms with Crippen LogP contribution in [0.1, 0.15) is 48.7 Å². The van der Waals surface area contributed by atoms with Gasteiger partial charge in [0.25, 0.3) is 5.91 Å². The van der Waals surface area contributed by atoms with E-state index in [1.165, 1.54) is 0 Å². The third-order valence-corrected chi connectivity index (χ3v) is 4.29. The lowest BCUT2D eigenvalue weighted by Gasteiger charge is -2.36. The van der Waals surface area contributed by atoms with Crippen LogP contribution in [0.25, 0.3) is 0 Å². The van der Waals surface area contributed by atoms with Crippen molar-refractivity contribution in [3.63, 3.8) is 0 Å². The molecule has 0 saturated carbocycles. The lowest BCUT2D eigenvalue weighted by atomic mass is 10.2. The summed E-state index contributed by atoms with van der Waals surface area (Å²) in [7, 11) is 0. The van der Waals surface area contributed by atoms with Crippen LogP contribution in [-0.4, -0.2) is 36.2 Å². The fourth-order valence-electron chi connectivity index (χ4n) is 3.11. The molecule has 3 unspecified atom stereocenters. The van der Waals surface area contributed by atoms with Gasteiger partial charge in [-0.05, 0) is 52.0 Å². The average molecular weight is 343 g/mol. The second-order valence-corrected chi connectivity index (χ2v) is 6.71. The third-order valence-electron chi connectivity index (χ3n) is 4.29. The number of pyridine rings is 1. The van der Waals surface area contributed by atoms with Gasteiger partial charge in [0.05, 0.1) is 23.8 Å². The van der Waals surface area contributed by atoms with Crippen LogP contribution in [0.4, 0.5) is 5.82 Å². The highest BCUT2D eigenvalue weighted by molar-refractivity contribution is 5.94. The van der Waals surface area contributed by atoms with E-state index in [2.05, 4.69) is 29.0 Å². The van der Waals surface area contributed by atoms with Crippen LogP contribution in [0.5, 0.6) is 0 Å². The first kappa shape index (κ1) is 17.5. The molecule has 1 fully saturated rings. The minimum atomic E-state index is -0.193. The zero-order chi connectivity index (χ0) is 18.0. The van der Waals surface area contributed by atoms with Crippen molar-refractivity contribution in [3.05, 3.63) is 47.5 Å². The number of anilines is 1. The van der Waals surface area contributed by atoms with Gasteiger partial charge in [-0.15, -0.1) is 0 Å². The van der Waals surface area contributed by atoms with Gasteiger partial charge in [-0.25, -0.2) is 4.98 Å². The molecule has 2 aromatic heterocycles. The van der Waals surface area contributed by atoms with Gasteiger partial charge in [-0.3, -0.25) is 4.79 Å². The van der Waals surface area contributed by atoms with Crippen LogP contribution in [0.2, 0.25) is 0 Å². The summed E-state index contributed by atoms with van der Waals surface area (Å²) in [5.41, 5.74) is 0.535. The van der Waals surface area contributed by atoms with Gasteiger partial charge in [0.2, 0.25) is 0 Å². The molecule has 3 atom stereocenters. The maximum absolute atomic E-state index is 12.4. The highest BCUT2D eigenvalue weighted by Crippen LogP contribution is 2.19. The van der Waals surface area contributed by atoms with E-state index in [1.54, 1.807) is 6.20 Å². The molecular weight excluding hydrogens is 318 g/mol. The summed E-state index contributed by atoms with van der Waals surface area (Å²) < 4.78 is 11.3. The van der Waals surface area contributed by atoms with Crippen molar-refractivity contribution < 1.29 is 13.9 Å². The molecule has 1 aliphatic heterocycles. The van der Waals surface area contributed by atoms with Gasteiger partial charge < -0.3 is 19.4 Å². The number of furan rings is 1. The van der Waals surface area contributed by atoms with E-state index in [0.29, 0.717) is 5.56 Å². The van der Waals surface area contributed by atoms with Crippen LogP contribution in [-0.2, 0) is 4.74 Å². The summed E-state index contributed by atoms with van der Waals surface area (Å²) in [6.45, 7) is 9.50. The van der Waals surface area contributed by atoms with E-state index < -0.39 is 0 Å². The lowest BCUT2D eigenvalue weighted by Crippen LogP contribution is -2.45. The second-order valence-electron chi connectivity index (χ2n) is 6.71. The number of ether oxygens (including phenoxy) is 1. The van der Waals surface area contributed by atoms with E-state index in [1.807, 2.05) is 38.1 Å². The number of aromatic nitrogens is 1. The number of morpholine rings is 1. The van der Waals surface area contributed by atoms with Crippen molar-refractivity contribution in [1.29, 1.82) is 0 Å². The van der Waals surface area contributed by atoms with E-state index in [-0.39, 0.29) is 24.2 Å². The smallest absolute Gasteiger partial charge is 0.253 e. The van der Waals surface area contributed by atoms with Crippen LogP contribution in [0, 0.1) is 6.92 Å². The molecule has 1 amide bonds. The zero-order valence-electron chi connectivity index (χ0n) is 15.2. The normalized spacial score (nSPS) is 21.8. The summed E-state index contributed by atoms with van der Waals surface area (Å²) >= 11 is 0. The highest BCUT2D eigenvalue weighted by atomic mass is 16.5. The van der Waals surface area contributed by atoms with Gasteiger partial charge in [0.15, 0.2) is 0 Å². The Morgan fingerprint density at radius 1 is 1.24 bits per heavy atom. The Morgan fingerprint density at radius 3 is 2.52 bits per heavy atom. The minimum absolute atomic E-state index is 0.163. The number of carbonyl (C=O) groups is 1. The van der Waals surface area contributed by atoms with Gasteiger partial charge in [0.1, 0.15) is 17.3 Å². The van der Waals surface area contributed by atoms with Crippen molar-refractivity contribution in [1.82, 2.24) is 10.3 Å². The van der Waals surface area contributed by atoms with E-state index in [0.717, 1.165) is 30.4 Å². The molecule has 25 heavy (non-hydrogen) atoms. The SMILES string of the molecule is Cc1ccc(C(C)NC(=O)c2ccc(N3CC(C)OC(C)C3)nc2)o1. The molecule has 1 N–H and O–H groups in total. The summed E-state index contributed by atoms with van der Waals surface area (Å²) in [6, 6.07) is 7.27. The van der Waals surface area contributed by atoms with Gasteiger partial charge in [-0.1, -0.05) is 0 Å². The molecular formula is C19H25N3O3. The van der Waals surface area contributed by atoms with E-state index in [9.17, 15) is 4.79 Å². The van der Waals surface area contributed by atoms with Crippen molar-refractivity contribution in [3.8, 4) is 0 Å².